The first kappa shape index (κ1) is 15.3. The molecule has 1 saturated heterocycles. The highest BCUT2D eigenvalue weighted by molar-refractivity contribution is 6.30. The Hall–Kier alpha value is -0.570. The van der Waals surface area contributed by atoms with Gasteiger partial charge >= 0.3 is 0 Å². The van der Waals surface area contributed by atoms with Gasteiger partial charge in [-0.25, -0.2) is 0 Å². The standard InChI is InChI=1S/C18H27ClN2/c1-13(20)18(15-8-4-9-16(19)12-15)21-11-5-10-17(21)14-6-2-3-7-14/h4,8-9,12-14,17-18H,2-3,5-7,10-11,20H2,1H3. The number of hydrogen-bond acceptors (Lipinski definition) is 2. The normalized spacial score (nSPS) is 27.1. The minimum Gasteiger partial charge on any atom is -0.326 e. The van der Waals surface area contributed by atoms with Crippen LogP contribution in [0.5, 0.6) is 0 Å². The molecule has 3 unspecified atom stereocenters. The molecule has 116 valence electrons. The molecule has 2 nitrogen and oxygen atoms in total. The highest BCUT2D eigenvalue weighted by Gasteiger charge is 2.38. The van der Waals surface area contributed by atoms with E-state index in [1.54, 1.807) is 0 Å². The predicted octanol–water partition coefficient (Wildman–Crippen LogP) is 4.38. The summed E-state index contributed by atoms with van der Waals surface area (Å²) >= 11 is 6.20. The van der Waals surface area contributed by atoms with Crippen LogP contribution in [-0.2, 0) is 0 Å². The van der Waals surface area contributed by atoms with E-state index in [2.05, 4.69) is 24.0 Å². The summed E-state index contributed by atoms with van der Waals surface area (Å²) in [6.07, 6.45) is 8.29. The summed E-state index contributed by atoms with van der Waals surface area (Å²) in [5.74, 6) is 0.882. The quantitative estimate of drug-likeness (QED) is 0.894. The Bertz CT molecular complexity index is 468. The molecule has 3 rings (SSSR count). The van der Waals surface area contributed by atoms with Gasteiger partial charge in [-0.05, 0) is 62.8 Å². The van der Waals surface area contributed by atoms with Crippen LogP contribution in [0.25, 0.3) is 0 Å². The minimum atomic E-state index is 0.130. The molecule has 0 aromatic heterocycles. The second-order valence-electron chi connectivity index (χ2n) is 6.85. The number of halogens is 1. The van der Waals surface area contributed by atoms with Crippen LogP contribution in [-0.4, -0.2) is 23.5 Å². The fraction of sp³-hybridized carbons (Fsp3) is 0.667. The van der Waals surface area contributed by atoms with Crippen LogP contribution in [0.2, 0.25) is 5.02 Å². The summed E-state index contributed by atoms with van der Waals surface area (Å²) in [5.41, 5.74) is 7.65. The Morgan fingerprint density at radius 3 is 2.62 bits per heavy atom. The molecule has 1 heterocycles. The van der Waals surface area contributed by atoms with Crippen molar-refractivity contribution in [2.75, 3.05) is 6.54 Å². The highest BCUT2D eigenvalue weighted by atomic mass is 35.5. The van der Waals surface area contributed by atoms with Crippen LogP contribution in [0.3, 0.4) is 0 Å². The van der Waals surface area contributed by atoms with Crippen molar-refractivity contribution < 1.29 is 0 Å². The molecule has 0 spiro atoms. The summed E-state index contributed by atoms with van der Waals surface area (Å²) in [5, 5.41) is 0.815. The molecule has 1 aliphatic heterocycles. The second kappa shape index (κ2) is 6.68. The van der Waals surface area contributed by atoms with Crippen LogP contribution in [0.15, 0.2) is 24.3 Å². The van der Waals surface area contributed by atoms with Gasteiger partial charge in [0, 0.05) is 23.1 Å². The predicted molar refractivity (Wildman–Crippen MR) is 89.5 cm³/mol. The number of likely N-dealkylation sites (tertiary alicyclic amines) is 1. The monoisotopic (exact) mass is 306 g/mol. The Labute approximate surface area is 133 Å². The molecule has 1 aromatic carbocycles. The van der Waals surface area contributed by atoms with Crippen molar-refractivity contribution in [3.05, 3.63) is 34.9 Å². The average Bonchev–Trinajstić information content (AvgIpc) is 3.08. The first-order chi connectivity index (χ1) is 10.2. The van der Waals surface area contributed by atoms with Gasteiger partial charge in [0.15, 0.2) is 0 Å². The van der Waals surface area contributed by atoms with Gasteiger partial charge in [0.05, 0.1) is 0 Å². The fourth-order valence-corrected chi connectivity index (χ4v) is 4.70. The van der Waals surface area contributed by atoms with Gasteiger partial charge in [-0.3, -0.25) is 4.90 Å². The van der Waals surface area contributed by atoms with Gasteiger partial charge in [-0.1, -0.05) is 36.6 Å². The van der Waals surface area contributed by atoms with Gasteiger partial charge in [0.25, 0.3) is 0 Å². The Kier molecular flexibility index (Phi) is 4.88. The van der Waals surface area contributed by atoms with Crippen LogP contribution in [0, 0.1) is 5.92 Å². The first-order valence-corrected chi connectivity index (χ1v) is 8.81. The maximum absolute atomic E-state index is 6.37. The zero-order valence-corrected chi connectivity index (χ0v) is 13.7. The van der Waals surface area contributed by atoms with E-state index in [0.29, 0.717) is 6.04 Å². The lowest BCUT2D eigenvalue weighted by Crippen LogP contribution is -2.44. The van der Waals surface area contributed by atoms with Crippen LogP contribution < -0.4 is 5.73 Å². The summed E-state index contributed by atoms with van der Waals surface area (Å²) in [6.45, 7) is 3.31. The van der Waals surface area contributed by atoms with Gasteiger partial charge in [0.2, 0.25) is 0 Å². The minimum absolute atomic E-state index is 0.130. The molecule has 21 heavy (non-hydrogen) atoms. The summed E-state index contributed by atoms with van der Waals surface area (Å²) in [7, 11) is 0. The molecule has 1 saturated carbocycles. The van der Waals surface area contributed by atoms with Crippen molar-refractivity contribution in [2.24, 2.45) is 11.7 Å². The Balaban J connectivity index is 1.85. The Morgan fingerprint density at radius 2 is 1.95 bits per heavy atom. The van der Waals surface area contributed by atoms with E-state index in [9.17, 15) is 0 Å². The van der Waals surface area contributed by atoms with E-state index >= 15 is 0 Å². The van der Waals surface area contributed by atoms with Crippen molar-refractivity contribution in [1.29, 1.82) is 0 Å². The van der Waals surface area contributed by atoms with Gasteiger partial charge in [0.1, 0.15) is 0 Å². The number of nitrogens with two attached hydrogens (primary N) is 1. The molecule has 3 atom stereocenters. The summed E-state index contributed by atoms with van der Waals surface area (Å²) < 4.78 is 0. The lowest BCUT2D eigenvalue weighted by molar-refractivity contribution is 0.120. The van der Waals surface area contributed by atoms with E-state index in [4.69, 9.17) is 17.3 Å². The molecular formula is C18H27ClN2. The molecule has 3 heteroatoms. The molecule has 1 aromatic rings. The lowest BCUT2D eigenvalue weighted by atomic mass is 9.92. The zero-order valence-electron chi connectivity index (χ0n) is 13.0. The van der Waals surface area contributed by atoms with E-state index in [1.165, 1.54) is 50.6 Å². The topological polar surface area (TPSA) is 29.3 Å². The number of hydrogen-bond donors (Lipinski definition) is 1. The third-order valence-electron chi connectivity index (χ3n) is 5.33. The fourth-order valence-electron chi connectivity index (χ4n) is 4.50. The average molecular weight is 307 g/mol. The third-order valence-corrected chi connectivity index (χ3v) is 5.57. The molecule has 2 aliphatic rings. The third kappa shape index (κ3) is 3.28. The van der Waals surface area contributed by atoms with Crippen molar-refractivity contribution in [3.63, 3.8) is 0 Å². The van der Waals surface area contributed by atoms with Gasteiger partial charge < -0.3 is 5.73 Å². The van der Waals surface area contributed by atoms with Crippen molar-refractivity contribution >= 4 is 11.6 Å². The number of nitrogens with zero attached hydrogens (tertiary/aromatic N) is 1. The van der Waals surface area contributed by atoms with Crippen LogP contribution in [0.4, 0.5) is 0 Å². The number of rotatable bonds is 4. The smallest absolute Gasteiger partial charge is 0.0500 e. The maximum Gasteiger partial charge on any atom is 0.0500 e. The molecular weight excluding hydrogens is 280 g/mol. The number of benzene rings is 1. The molecule has 0 amide bonds. The van der Waals surface area contributed by atoms with Gasteiger partial charge in [-0.2, -0.15) is 0 Å². The summed E-state index contributed by atoms with van der Waals surface area (Å²) in [4.78, 5) is 2.69. The lowest BCUT2D eigenvalue weighted by Gasteiger charge is -2.38. The van der Waals surface area contributed by atoms with E-state index in [0.717, 1.165) is 17.0 Å². The van der Waals surface area contributed by atoms with Crippen molar-refractivity contribution in [3.8, 4) is 0 Å². The first-order valence-electron chi connectivity index (χ1n) is 8.43. The van der Waals surface area contributed by atoms with Crippen molar-refractivity contribution in [1.82, 2.24) is 4.90 Å². The zero-order chi connectivity index (χ0) is 14.8. The SMILES string of the molecule is CC(N)C(c1cccc(Cl)c1)N1CCCC1C1CCCC1. The largest absolute Gasteiger partial charge is 0.326 e. The van der Waals surface area contributed by atoms with Crippen LogP contribution >= 0.6 is 11.6 Å². The maximum atomic E-state index is 6.37. The van der Waals surface area contributed by atoms with E-state index < -0.39 is 0 Å². The van der Waals surface area contributed by atoms with Crippen molar-refractivity contribution in [2.45, 2.75) is 63.6 Å². The molecule has 0 bridgehead atoms. The second-order valence-corrected chi connectivity index (χ2v) is 7.29. The van der Waals surface area contributed by atoms with E-state index in [-0.39, 0.29) is 6.04 Å². The van der Waals surface area contributed by atoms with Gasteiger partial charge in [-0.15, -0.1) is 0 Å². The molecule has 2 N–H and O–H groups in total. The highest BCUT2D eigenvalue weighted by Crippen LogP contribution is 2.40. The Morgan fingerprint density at radius 1 is 1.19 bits per heavy atom. The van der Waals surface area contributed by atoms with Crippen LogP contribution in [0.1, 0.15) is 57.1 Å². The summed E-state index contributed by atoms with van der Waals surface area (Å²) in [6, 6.07) is 9.43. The molecule has 2 fully saturated rings. The van der Waals surface area contributed by atoms with E-state index in [1.807, 2.05) is 12.1 Å². The molecule has 0 radical (unpaired) electrons. The molecule has 1 aliphatic carbocycles.